The molecule has 2 aromatic carbocycles. The molecule has 4 nitrogen and oxygen atoms in total. The Bertz CT molecular complexity index is 735. The Labute approximate surface area is 160 Å². The van der Waals surface area contributed by atoms with Crippen molar-refractivity contribution in [2.45, 2.75) is 19.9 Å². The van der Waals surface area contributed by atoms with E-state index in [1.807, 2.05) is 31.2 Å². The Morgan fingerprint density at radius 3 is 2.54 bits per heavy atom. The molecule has 0 radical (unpaired) electrons. The molecule has 0 aromatic heterocycles. The third-order valence-corrected chi connectivity index (χ3v) is 5.25. The minimum atomic E-state index is 0.0203. The SMILES string of the molecule is Cc1c(Cl)cccc1NC(=O)CN1CCCN(Cc2ccccc2)CC1. The van der Waals surface area contributed by atoms with Gasteiger partial charge in [-0.25, -0.2) is 0 Å². The van der Waals surface area contributed by atoms with Crippen LogP contribution in [0.25, 0.3) is 0 Å². The molecule has 138 valence electrons. The summed E-state index contributed by atoms with van der Waals surface area (Å²) in [5.74, 6) is 0.0203. The van der Waals surface area contributed by atoms with Gasteiger partial charge in [-0.1, -0.05) is 48.0 Å². The number of halogens is 1. The Balaban J connectivity index is 1.49. The molecule has 1 fully saturated rings. The molecule has 0 bridgehead atoms. The summed E-state index contributed by atoms with van der Waals surface area (Å²) in [6.07, 6.45) is 1.08. The van der Waals surface area contributed by atoms with E-state index in [1.165, 1.54) is 5.56 Å². The van der Waals surface area contributed by atoms with E-state index in [4.69, 9.17) is 11.6 Å². The van der Waals surface area contributed by atoms with Crippen molar-refractivity contribution in [1.82, 2.24) is 9.80 Å². The van der Waals surface area contributed by atoms with E-state index in [1.54, 1.807) is 0 Å². The van der Waals surface area contributed by atoms with Crippen molar-refractivity contribution in [3.8, 4) is 0 Å². The summed E-state index contributed by atoms with van der Waals surface area (Å²) in [6, 6.07) is 16.1. The number of rotatable bonds is 5. The smallest absolute Gasteiger partial charge is 0.238 e. The van der Waals surface area contributed by atoms with Gasteiger partial charge in [0, 0.05) is 30.3 Å². The van der Waals surface area contributed by atoms with E-state index in [0.29, 0.717) is 11.6 Å². The second-order valence-electron chi connectivity index (χ2n) is 6.85. The Morgan fingerprint density at radius 1 is 1.00 bits per heavy atom. The highest BCUT2D eigenvalue weighted by atomic mass is 35.5. The molecule has 1 aliphatic heterocycles. The normalized spacial score (nSPS) is 16.2. The summed E-state index contributed by atoms with van der Waals surface area (Å²) in [4.78, 5) is 17.1. The molecular weight excluding hydrogens is 346 g/mol. The molecule has 3 rings (SSSR count). The molecule has 2 aromatic rings. The van der Waals surface area contributed by atoms with E-state index in [0.717, 1.165) is 50.4 Å². The maximum Gasteiger partial charge on any atom is 0.238 e. The van der Waals surface area contributed by atoms with Gasteiger partial charge in [-0.3, -0.25) is 14.6 Å². The molecule has 1 N–H and O–H groups in total. The fraction of sp³-hybridized carbons (Fsp3) is 0.381. The van der Waals surface area contributed by atoms with Gasteiger partial charge in [-0.15, -0.1) is 0 Å². The molecular formula is C21H26ClN3O. The second-order valence-corrected chi connectivity index (χ2v) is 7.26. The first-order valence-electron chi connectivity index (χ1n) is 9.15. The summed E-state index contributed by atoms with van der Waals surface area (Å²) < 4.78 is 0. The van der Waals surface area contributed by atoms with Crippen LogP contribution in [0, 0.1) is 6.92 Å². The number of hydrogen-bond donors (Lipinski definition) is 1. The molecule has 5 heteroatoms. The third kappa shape index (κ3) is 5.31. The van der Waals surface area contributed by atoms with E-state index in [2.05, 4.69) is 39.4 Å². The lowest BCUT2D eigenvalue weighted by molar-refractivity contribution is -0.117. The number of nitrogens with one attached hydrogen (secondary N) is 1. The predicted molar refractivity (Wildman–Crippen MR) is 108 cm³/mol. The predicted octanol–water partition coefficient (Wildman–Crippen LogP) is 3.79. The number of benzene rings is 2. The molecule has 1 amide bonds. The highest BCUT2D eigenvalue weighted by Gasteiger charge is 2.17. The average molecular weight is 372 g/mol. The number of carbonyl (C=O) groups excluding carboxylic acids is 1. The summed E-state index contributed by atoms with van der Waals surface area (Å²) in [5.41, 5.74) is 3.05. The van der Waals surface area contributed by atoms with Crippen molar-refractivity contribution in [2.24, 2.45) is 0 Å². The van der Waals surface area contributed by atoms with Gasteiger partial charge in [0.2, 0.25) is 5.91 Å². The fourth-order valence-corrected chi connectivity index (χ4v) is 3.49. The number of carbonyl (C=O) groups is 1. The van der Waals surface area contributed by atoms with Crippen molar-refractivity contribution in [3.05, 3.63) is 64.7 Å². The molecule has 0 aliphatic carbocycles. The molecule has 1 saturated heterocycles. The van der Waals surface area contributed by atoms with Crippen LogP contribution in [0.3, 0.4) is 0 Å². The molecule has 0 atom stereocenters. The Hall–Kier alpha value is -1.88. The highest BCUT2D eigenvalue weighted by Crippen LogP contribution is 2.22. The summed E-state index contributed by atoms with van der Waals surface area (Å²) in [5, 5.41) is 3.67. The maximum atomic E-state index is 12.4. The first-order chi connectivity index (χ1) is 12.6. The number of nitrogens with zero attached hydrogens (tertiary/aromatic N) is 2. The van der Waals surface area contributed by atoms with Crippen molar-refractivity contribution in [3.63, 3.8) is 0 Å². The van der Waals surface area contributed by atoms with Crippen molar-refractivity contribution in [2.75, 3.05) is 38.0 Å². The molecule has 1 aliphatic rings. The van der Waals surface area contributed by atoms with Crippen molar-refractivity contribution < 1.29 is 4.79 Å². The van der Waals surface area contributed by atoms with Crippen LogP contribution in [0.5, 0.6) is 0 Å². The van der Waals surface area contributed by atoms with E-state index < -0.39 is 0 Å². The fourth-order valence-electron chi connectivity index (χ4n) is 3.32. The standard InChI is InChI=1S/C21H26ClN3O/c1-17-19(22)9-5-10-20(17)23-21(26)16-25-12-6-11-24(13-14-25)15-18-7-3-2-4-8-18/h2-5,7-10H,6,11-16H2,1H3,(H,23,26). The van der Waals surface area contributed by atoms with Gasteiger partial charge in [0.05, 0.1) is 6.54 Å². The lowest BCUT2D eigenvalue weighted by atomic mass is 10.2. The highest BCUT2D eigenvalue weighted by molar-refractivity contribution is 6.31. The Kier molecular flexibility index (Phi) is 6.67. The Morgan fingerprint density at radius 2 is 1.73 bits per heavy atom. The summed E-state index contributed by atoms with van der Waals surface area (Å²) in [6.45, 7) is 7.24. The molecule has 0 saturated carbocycles. The molecule has 26 heavy (non-hydrogen) atoms. The van der Waals surface area contributed by atoms with Crippen molar-refractivity contribution >= 4 is 23.2 Å². The summed E-state index contributed by atoms with van der Waals surface area (Å²) >= 11 is 6.13. The van der Waals surface area contributed by atoms with E-state index >= 15 is 0 Å². The van der Waals surface area contributed by atoms with E-state index in [-0.39, 0.29) is 5.91 Å². The van der Waals surface area contributed by atoms with Crippen LogP contribution in [0.2, 0.25) is 5.02 Å². The minimum Gasteiger partial charge on any atom is -0.325 e. The van der Waals surface area contributed by atoms with Gasteiger partial charge in [0.25, 0.3) is 0 Å². The van der Waals surface area contributed by atoms with Crippen LogP contribution in [-0.4, -0.2) is 48.4 Å². The first kappa shape index (κ1) is 18.9. The zero-order valence-corrected chi connectivity index (χ0v) is 16.0. The van der Waals surface area contributed by atoms with E-state index in [9.17, 15) is 4.79 Å². The number of anilines is 1. The van der Waals surface area contributed by atoms with Gasteiger partial charge < -0.3 is 5.32 Å². The first-order valence-corrected chi connectivity index (χ1v) is 9.53. The molecule has 0 spiro atoms. The average Bonchev–Trinajstić information content (AvgIpc) is 2.85. The minimum absolute atomic E-state index is 0.0203. The zero-order valence-electron chi connectivity index (χ0n) is 15.2. The van der Waals surface area contributed by atoms with Crippen molar-refractivity contribution in [1.29, 1.82) is 0 Å². The summed E-state index contributed by atoms with van der Waals surface area (Å²) in [7, 11) is 0. The largest absolute Gasteiger partial charge is 0.325 e. The number of amides is 1. The van der Waals surface area contributed by atoms with Gasteiger partial charge >= 0.3 is 0 Å². The van der Waals surface area contributed by atoms with Crippen LogP contribution >= 0.6 is 11.6 Å². The van der Waals surface area contributed by atoms with Crippen LogP contribution in [0.1, 0.15) is 17.5 Å². The second kappa shape index (κ2) is 9.17. The zero-order chi connectivity index (χ0) is 18.4. The topological polar surface area (TPSA) is 35.6 Å². The monoisotopic (exact) mass is 371 g/mol. The third-order valence-electron chi connectivity index (χ3n) is 4.84. The quantitative estimate of drug-likeness (QED) is 0.868. The van der Waals surface area contributed by atoms with Gasteiger partial charge in [-0.2, -0.15) is 0 Å². The van der Waals surface area contributed by atoms with Crippen LogP contribution < -0.4 is 5.32 Å². The molecule has 1 heterocycles. The number of hydrogen-bond acceptors (Lipinski definition) is 3. The van der Waals surface area contributed by atoms with Gasteiger partial charge in [0.1, 0.15) is 0 Å². The maximum absolute atomic E-state index is 12.4. The van der Waals surface area contributed by atoms with Gasteiger partial charge in [0.15, 0.2) is 0 Å². The van der Waals surface area contributed by atoms with Crippen LogP contribution in [-0.2, 0) is 11.3 Å². The van der Waals surface area contributed by atoms with Crippen LogP contribution in [0.4, 0.5) is 5.69 Å². The molecule has 0 unspecified atom stereocenters. The lowest BCUT2D eigenvalue weighted by Crippen LogP contribution is -2.36. The van der Waals surface area contributed by atoms with Crippen LogP contribution in [0.15, 0.2) is 48.5 Å². The lowest BCUT2D eigenvalue weighted by Gasteiger charge is -2.21. The van der Waals surface area contributed by atoms with Gasteiger partial charge in [-0.05, 0) is 49.7 Å².